The summed E-state index contributed by atoms with van der Waals surface area (Å²) in [5.41, 5.74) is -2.70. The van der Waals surface area contributed by atoms with Crippen molar-refractivity contribution in [3.63, 3.8) is 0 Å². The molecule has 1 saturated heterocycles. The number of carbonyl (C=O) groups is 2. The number of hydrogen-bond acceptors (Lipinski definition) is 5. The number of carbonyl (C=O) groups excluding carboxylic acids is 2. The van der Waals surface area contributed by atoms with Gasteiger partial charge in [-0.25, -0.2) is 13.2 Å². The van der Waals surface area contributed by atoms with Crippen molar-refractivity contribution in [3.8, 4) is 5.75 Å². The molecule has 1 spiro atoms. The zero-order chi connectivity index (χ0) is 23.2. The van der Waals surface area contributed by atoms with E-state index in [-0.39, 0.29) is 59.4 Å². The summed E-state index contributed by atoms with van der Waals surface area (Å²) < 4.78 is 48.0. The topological polar surface area (TPSA) is 104 Å². The Labute approximate surface area is 213 Å². The van der Waals surface area contributed by atoms with Crippen molar-refractivity contribution in [1.29, 1.82) is 0 Å². The minimum absolute atomic E-state index is 0. The number of hydrogen-bond donors (Lipinski definition) is 1. The van der Waals surface area contributed by atoms with Gasteiger partial charge in [-0.3, -0.25) is 14.4 Å². The quantitative estimate of drug-likeness (QED) is 0.510. The van der Waals surface area contributed by atoms with Gasteiger partial charge in [0.2, 0.25) is 0 Å². The van der Waals surface area contributed by atoms with Crippen molar-refractivity contribution in [3.05, 3.63) is 62.8 Å². The molecule has 3 heterocycles. The van der Waals surface area contributed by atoms with Crippen LogP contribution in [0.3, 0.4) is 0 Å². The number of ether oxygens (including phenoxy) is 1. The normalized spacial score (nSPS) is 27.9. The summed E-state index contributed by atoms with van der Waals surface area (Å²) in [5.74, 6) is -6.27. The molecule has 2 aromatic rings. The summed E-state index contributed by atoms with van der Waals surface area (Å²) >= 11 is 0. The molecule has 2 aliphatic carbocycles. The van der Waals surface area contributed by atoms with Crippen LogP contribution in [0.5, 0.6) is 5.75 Å². The summed E-state index contributed by atoms with van der Waals surface area (Å²) in [6.07, 6.45) is 3.24. The van der Waals surface area contributed by atoms with E-state index in [2.05, 4.69) is 5.32 Å². The average molecular weight is 483 g/mol. The zero-order valence-corrected chi connectivity index (χ0v) is 20.1. The van der Waals surface area contributed by atoms with Gasteiger partial charge in [0.1, 0.15) is 28.7 Å². The maximum absolute atomic E-state index is 13.8. The number of fused-ring (bicyclic) bond motifs is 3. The number of aromatic nitrogens is 1. The Bertz CT molecular complexity index is 1290. The van der Waals surface area contributed by atoms with Crippen LogP contribution in [0.1, 0.15) is 45.7 Å². The fraction of sp³-hybridized carbons (Fsp3) is 0.409. The molecule has 3 fully saturated rings. The Hall–Kier alpha value is -2.34. The van der Waals surface area contributed by atoms with Crippen LogP contribution >= 0.6 is 0 Å². The minimum Gasteiger partial charge on any atom is -0.868 e. The Kier molecular flexibility index (Phi) is 5.40. The van der Waals surface area contributed by atoms with Gasteiger partial charge in [0.25, 0.3) is 11.8 Å². The van der Waals surface area contributed by atoms with Crippen LogP contribution in [-0.2, 0) is 17.8 Å². The molecular weight excluding hydrogens is 466 g/mol. The van der Waals surface area contributed by atoms with Crippen molar-refractivity contribution in [1.82, 2.24) is 14.8 Å². The maximum atomic E-state index is 13.8. The van der Waals surface area contributed by atoms with Gasteiger partial charge in [0.05, 0.1) is 12.6 Å². The molecule has 1 aromatic heterocycles. The van der Waals surface area contributed by atoms with Gasteiger partial charge < -0.3 is 24.6 Å². The summed E-state index contributed by atoms with van der Waals surface area (Å²) in [4.78, 5) is 39.8. The Morgan fingerprint density at radius 2 is 1.94 bits per heavy atom. The molecule has 0 bridgehead atoms. The van der Waals surface area contributed by atoms with Crippen molar-refractivity contribution < 1.29 is 62.2 Å². The predicted octanol–water partition coefficient (Wildman–Crippen LogP) is -1.99. The first-order valence-electron chi connectivity index (χ1n) is 10.6. The molecule has 12 heteroatoms. The van der Waals surface area contributed by atoms with Crippen LogP contribution in [0, 0.1) is 22.9 Å². The third kappa shape index (κ3) is 3.17. The zero-order valence-electron chi connectivity index (χ0n) is 18.1. The van der Waals surface area contributed by atoms with E-state index >= 15 is 0 Å². The Balaban J connectivity index is 0.00000241. The fourth-order valence-corrected chi connectivity index (χ4v) is 5.45. The van der Waals surface area contributed by atoms with Crippen LogP contribution in [0.25, 0.3) is 0 Å². The number of halogens is 3. The van der Waals surface area contributed by atoms with Crippen molar-refractivity contribution in [2.45, 2.75) is 50.7 Å². The largest absolute Gasteiger partial charge is 1.00 e. The first kappa shape index (κ1) is 23.4. The molecule has 2 saturated carbocycles. The Morgan fingerprint density at radius 1 is 1.24 bits per heavy atom. The first-order valence-corrected chi connectivity index (χ1v) is 10.6. The van der Waals surface area contributed by atoms with E-state index in [9.17, 15) is 32.7 Å². The van der Waals surface area contributed by atoms with Crippen LogP contribution in [0.4, 0.5) is 13.2 Å². The number of amides is 2. The number of pyridine rings is 1. The molecule has 2 amide bonds. The van der Waals surface area contributed by atoms with Crippen LogP contribution in [-0.4, -0.2) is 39.7 Å². The van der Waals surface area contributed by atoms with Gasteiger partial charge >= 0.3 is 29.6 Å². The second-order valence-electron chi connectivity index (χ2n) is 9.02. The maximum Gasteiger partial charge on any atom is 1.00 e. The van der Waals surface area contributed by atoms with E-state index in [1.807, 2.05) is 0 Å². The van der Waals surface area contributed by atoms with Crippen LogP contribution in [0.15, 0.2) is 23.1 Å². The third-order valence-electron chi connectivity index (χ3n) is 7.36. The summed E-state index contributed by atoms with van der Waals surface area (Å²) in [6.45, 7) is -0.586. The molecule has 8 nitrogen and oxygen atoms in total. The monoisotopic (exact) mass is 483 g/mol. The summed E-state index contributed by atoms with van der Waals surface area (Å²) in [6, 6.07) is 0.924. The number of nitrogens with one attached hydrogen (secondary N) is 1. The van der Waals surface area contributed by atoms with Gasteiger partial charge in [-0.2, -0.15) is 0 Å². The first-order chi connectivity index (χ1) is 15.7. The molecule has 1 unspecified atom stereocenters. The molecule has 0 radical (unpaired) electrons. The Morgan fingerprint density at radius 3 is 2.59 bits per heavy atom. The van der Waals surface area contributed by atoms with Crippen molar-refractivity contribution >= 4 is 11.8 Å². The van der Waals surface area contributed by atoms with Crippen molar-refractivity contribution in [2.75, 3.05) is 0 Å². The minimum atomic E-state index is -1.20. The average Bonchev–Trinajstić information content (AvgIpc) is 3.50. The van der Waals surface area contributed by atoms with E-state index in [4.69, 9.17) is 4.74 Å². The third-order valence-corrected chi connectivity index (χ3v) is 7.36. The molecule has 2 aliphatic heterocycles. The molecule has 1 N–H and O–H groups in total. The van der Waals surface area contributed by atoms with Crippen molar-refractivity contribution in [2.24, 2.45) is 5.41 Å². The van der Waals surface area contributed by atoms with Gasteiger partial charge in [-0.05, 0) is 25.0 Å². The molecule has 4 aliphatic rings. The fourth-order valence-electron chi connectivity index (χ4n) is 5.45. The van der Waals surface area contributed by atoms with Gasteiger partial charge in [0, 0.05) is 41.9 Å². The SMILES string of the molecule is O=C(NCc1c(F)cc(F)cc1F)c1cn2c(c([O-])c1=O)C(=O)N1[C@@H](C2)O[C@@H]2CCC23C[C@@H]13.[Na+]. The van der Waals surface area contributed by atoms with Gasteiger partial charge in [-0.1, -0.05) is 0 Å². The smallest absolute Gasteiger partial charge is 0.868 e. The molecule has 4 atom stereocenters. The second-order valence-corrected chi connectivity index (χ2v) is 9.02. The molecular formula is C22H17F3N3NaO5. The van der Waals surface area contributed by atoms with Crippen LogP contribution < -0.4 is 45.4 Å². The van der Waals surface area contributed by atoms with E-state index in [1.165, 1.54) is 4.57 Å². The standard InChI is InChI=1S/C22H18F3N3O5.Na/c23-9-3-12(24)10(13(25)4-9)6-26-20(31)11-7-27-8-16-28(21(32)17(27)19(30)18(11)29)14-5-22(14)2-1-15(22)33-16;/h3-4,7,14-16,30H,1-2,5-6,8H2,(H,26,31);/q;+1/p-1/t14-,15-,16-,22?;/m1./s1. The van der Waals surface area contributed by atoms with E-state index in [1.54, 1.807) is 4.90 Å². The molecule has 34 heavy (non-hydrogen) atoms. The molecule has 172 valence electrons. The van der Waals surface area contributed by atoms with E-state index < -0.39 is 64.3 Å². The van der Waals surface area contributed by atoms with Gasteiger partial charge in [-0.15, -0.1) is 0 Å². The second kappa shape index (κ2) is 7.84. The summed E-state index contributed by atoms with van der Waals surface area (Å²) in [7, 11) is 0. The number of nitrogens with zero attached hydrogens (tertiary/aromatic N) is 2. The van der Waals surface area contributed by atoms with Crippen LogP contribution in [0.2, 0.25) is 0 Å². The number of rotatable bonds is 3. The molecule has 6 rings (SSSR count). The van der Waals surface area contributed by atoms with E-state index in [0.29, 0.717) is 12.1 Å². The van der Waals surface area contributed by atoms with E-state index in [0.717, 1.165) is 25.5 Å². The van der Waals surface area contributed by atoms with Gasteiger partial charge in [0.15, 0.2) is 11.7 Å². The number of benzene rings is 1. The molecule has 1 aromatic carbocycles. The predicted molar refractivity (Wildman–Crippen MR) is 103 cm³/mol. The summed E-state index contributed by atoms with van der Waals surface area (Å²) in [5, 5.41) is 14.9.